The Balaban J connectivity index is 2.60. The van der Waals surface area contributed by atoms with Crippen LogP contribution in [0.3, 0.4) is 0 Å². The molecule has 0 aliphatic carbocycles. The summed E-state index contributed by atoms with van der Waals surface area (Å²) in [6, 6.07) is 6.58. The van der Waals surface area contributed by atoms with Crippen LogP contribution in [-0.4, -0.2) is 20.6 Å². The van der Waals surface area contributed by atoms with E-state index in [1.807, 2.05) is 0 Å². The highest BCUT2D eigenvalue weighted by Crippen LogP contribution is 2.31. The molecule has 0 aliphatic heterocycles. The topological polar surface area (TPSA) is 63.6 Å². The van der Waals surface area contributed by atoms with Gasteiger partial charge in [-0.05, 0) is 30.3 Å². The van der Waals surface area contributed by atoms with Gasteiger partial charge in [-0.25, -0.2) is 12.8 Å². The van der Waals surface area contributed by atoms with Gasteiger partial charge in [0.05, 0.1) is 16.9 Å². The van der Waals surface area contributed by atoms with Gasteiger partial charge in [-0.3, -0.25) is 0 Å². The van der Waals surface area contributed by atoms with Gasteiger partial charge in [-0.2, -0.15) is 0 Å². The Morgan fingerprint density at radius 1 is 1.15 bits per heavy atom. The highest BCUT2D eigenvalue weighted by Gasteiger charge is 2.20. The molecule has 0 fully saturated rings. The minimum absolute atomic E-state index is 0.00794. The van der Waals surface area contributed by atoms with Crippen LogP contribution in [0.25, 0.3) is 0 Å². The van der Waals surface area contributed by atoms with E-state index in [4.69, 9.17) is 16.3 Å². The third-order valence-corrected chi connectivity index (χ3v) is 4.56. The SMILES string of the molecule is COc1cc(S(=O)(=O)c2cc(F)cc(Cl)c2)ccc1O. The quantitative estimate of drug-likeness (QED) is 0.945. The highest BCUT2D eigenvalue weighted by atomic mass is 35.5. The van der Waals surface area contributed by atoms with Crippen LogP contribution < -0.4 is 4.74 Å². The molecule has 0 atom stereocenters. The van der Waals surface area contributed by atoms with Gasteiger partial charge in [0.25, 0.3) is 0 Å². The lowest BCUT2D eigenvalue weighted by atomic mass is 10.3. The number of hydrogen-bond acceptors (Lipinski definition) is 4. The van der Waals surface area contributed by atoms with E-state index in [0.29, 0.717) is 0 Å². The lowest BCUT2D eigenvalue weighted by Gasteiger charge is -2.08. The van der Waals surface area contributed by atoms with Crippen molar-refractivity contribution in [3.8, 4) is 11.5 Å². The molecule has 106 valence electrons. The number of sulfone groups is 1. The number of phenols is 1. The molecule has 2 aromatic carbocycles. The van der Waals surface area contributed by atoms with Crippen LogP contribution in [0.5, 0.6) is 11.5 Å². The van der Waals surface area contributed by atoms with E-state index in [-0.39, 0.29) is 26.3 Å². The van der Waals surface area contributed by atoms with E-state index in [9.17, 15) is 17.9 Å². The van der Waals surface area contributed by atoms with Crippen LogP contribution in [0.2, 0.25) is 5.02 Å². The van der Waals surface area contributed by atoms with Crippen LogP contribution in [-0.2, 0) is 9.84 Å². The van der Waals surface area contributed by atoms with Crippen molar-refractivity contribution in [2.45, 2.75) is 9.79 Å². The second-order valence-corrected chi connectivity index (χ2v) is 6.33. The summed E-state index contributed by atoms with van der Waals surface area (Å²) >= 11 is 5.66. The molecule has 0 unspecified atom stereocenters. The van der Waals surface area contributed by atoms with Gasteiger partial charge in [0.1, 0.15) is 5.82 Å². The minimum atomic E-state index is -3.95. The van der Waals surface area contributed by atoms with Gasteiger partial charge < -0.3 is 9.84 Å². The molecule has 1 N–H and O–H groups in total. The summed E-state index contributed by atoms with van der Waals surface area (Å²) in [7, 11) is -2.65. The summed E-state index contributed by atoms with van der Waals surface area (Å²) in [4.78, 5) is -0.399. The second-order valence-electron chi connectivity index (χ2n) is 3.94. The average Bonchev–Trinajstić information content (AvgIpc) is 2.37. The molecule has 0 aromatic heterocycles. The smallest absolute Gasteiger partial charge is 0.206 e. The molecule has 2 aromatic rings. The standard InChI is InChI=1S/C13H10ClFO4S/c1-19-13-7-10(2-3-12(13)16)20(17,18)11-5-8(14)4-9(15)6-11/h2-7,16H,1H3. The van der Waals surface area contributed by atoms with Gasteiger partial charge in [-0.1, -0.05) is 11.6 Å². The molecule has 7 heteroatoms. The predicted molar refractivity (Wildman–Crippen MR) is 71.5 cm³/mol. The minimum Gasteiger partial charge on any atom is -0.504 e. The Hall–Kier alpha value is -1.79. The fourth-order valence-electron chi connectivity index (χ4n) is 1.64. The molecular weight excluding hydrogens is 307 g/mol. The van der Waals surface area contributed by atoms with Gasteiger partial charge in [0.15, 0.2) is 11.5 Å². The van der Waals surface area contributed by atoms with Crippen molar-refractivity contribution in [1.82, 2.24) is 0 Å². The highest BCUT2D eigenvalue weighted by molar-refractivity contribution is 7.91. The first kappa shape index (κ1) is 14.6. The Kier molecular flexibility index (Phi) is 3.87. The zero-order valence-electron chi connectivity index (χ0n) is 10.3. The van der Waals surface area contributed by atoms with Crippen LogP contribution in [0.1, 0.15) is 0 Å². The van der Waals surface area contributed by atoms with Crippen molar-refractivity contribution >= 4 is 21.4 Å². The van der Waals surface area contributed by atoms with Gasteiger partial charge >= 0.3 is 0 Å². The van der Waals surface area contributed by atoms with E-state index < -0.39 is 15.7 Å². The fourth-order valence-corrected chi connectivity index (χ4v) is 3.26. The monoisotopic (exact) mass is 316 g/mol. The van der Waals surface area contributed by atoms with Crippen molar-refractivity contribution in [2.75, 3.05) is 7.11 Å². The van der Waals surface area contributed by atoms with Crippen molar-refractivity contribution in [3.63, 3.8) is 0 Å². The Bertz CT molecular complexity index is 739. The largest absolute Gasteiger partial charge is 0.504 e. The molecule has 0 amide bonds. The van der Waals surface area contributed by atoms with Crippen molar-refractivity contribution < 1.29 is 22.7 Å². The van der Waals surface area contributed by atoms with E-state index in [0.717, 1.165) is 24.3 Å². The summed E-state index contributed by atoms with van der Waals surface area (Å²) < 4.78 is 42.8. The van der Waals surface area contributed by atoms with Gasteiger partial charge in [0.2, 0.25) is 9.84 Å². The maximum atomic E-state index is 13.3. The van der Waals surface area contributed by atoms with Crippen molar-refractivity contribution in [1.29, 1.82) is 0 Å². The Morgan fingerprint density at radius 2 is 1.85 bits per heavy atom. The Morgan fingerprint density at radius 3 is 2.45 bits per heavy atom. The molecule has 2 rings (SSSR count). The zero-order chi connectivity index (χ0) is 14.9. The number of halogens is 2. The maximum absolute atomic E-state index is 13.3. The first-order chi connectivity index (χ1) is 9.34. The zero-order valence-corrected chi connectivity index (χ0v) is 11.9. The third-order valence-electron chi connectivity index (χ3n) is 2.61. The molecule has 0 aliphatic rings. The molecule has 0 radical (unpaired) electrons. The number of rotatable bonds is 3. The first-order valence-corrected chi connectivity index (χ1v) is 7.29. The van der Waals surface area contributed by atoms with E-state index in [2.05, 4.69) is 0 Å². The van der Waals surface area contributed by atoms with Crippen molar-refractivity contribution in [3.05, 3.63) is 47.2 Å². The molecule has 0 spiro atoms. The molecule has 4 nitrogen and oxygen atoms in total. The van der Waals surface area contributed by atoms with Gasteiger partial charge in [0, 0.05) is 11.1 Å². The normalized spacial score (nSPS) is 11.3. The van der Waals surface area contributed by atoms with Crippen LogP contribution in [0, 0.1) is 5.82 Å². The maximum Gasteiger partial charge on any atom is 0.206 e. The average molecular weight is 317 g/mol. The van der Waals surface area contributed by atoms with E-state index in [1.54, 1.807) is 0 Å². The number of phenolic OH excluding ortho intramolecular Hbond substituents is 1. The summed E-state index contributed by atoms with van der Waals surface area (Å²) in [6.07, 6.45) is 0. The Labute approximate surface area is 120 Å². The number of methoxy groups -OCH3 is 1. The lowest BCUT2D eigenvalue weighted by Crippen LogP contribution is -2.03. The third kappa shape index (κ3) is 2.71. The van der Waals surface area contributed by atoms with Crippen LogP contribution >= 0.6 is 11.6 Å². The number of benzene rings is 2. The van der Waals surface area contributed by atoms with Gasteiger partial charge in [-0.15, -0.1) is 0 Å². The summed E-state index contributed by atoms with van der Waals surface area (Å²) in [6.45, 7) is 0. The second kappa shape index (κ2) is 5.30. The number of aromatic hydroxyl groups is 1. The van der Waals surface area contributed by atoms with E-state index in [1.165, 1.54) is 19.2 Å². The molecule has 0 bridgehead atoms. The molecule has 0 saturated carbocycles. The lowest BCUT2D eigenvalue weighted by molar-refractivity contribution is 0.372. The van der Waals surface area contributed by atoms with Crippen LogP contribution in [0.4, 0.5) is 4.39 Å². The number of hydrogen-bond donors (Lipinski definition) is 1. The van der Waals surface area contributed by atoms with E-state index >= 15 is 0 Å². The summed E-state index contributed by atoms with van der Waals surface area (Å²) in [5.41, 5.74) is 0. The van der Waals surface area contributed by atoms with Crippen molar-refractivity contribution in [2.24, 2.45) is 0 Å². The number of ether oxygens (including phenoxy) is 1. The predicted octanol–water partition coefficient (Wildman–Crippen LogP) is 3.03. The molecule has 0 heterocycles. The van der Waals surface area contributed by atoms with Crippen LogP contribution in [0.15, 0.2) is 46.2 Å². The molecule has 0 saturated heterocycles. The molecule has 20 heavy (non-hydrogen) atoms. The first-order valence-electron chi connectivity index (χ1n) is 5.43. The fraction of sp³-hybridized carbons (Fsp3) is 0.0769. The molecular formula is C13H10ClFO4S. The summed E-state index contributed by atoms with van der Waals surface area (Å²) in [5.74, 6) is -0.931. The summed E-state index contributed by atoms with van der Waals surface area (Å²) in [5, 5.41) is 9.44.